The number of nitrogens with zero attached hydrogens (tertiary/aromatic N) is 1. The van der Waals surface area contributed by atoms with Crippen LogP contribution in [0.5, 0.6) is 5.75 Å². The van der Waals surface area contributed by atoms with Crippen molar-refractivity contribution in [1.82, 2.24) is 4.98 Å². The fourth-order valence-electron chi connectivity index (χ4n) is 1.55. The highest BCUT2D eigenvalue weighted by Gasteiger charge is 2.12. The van der Waals surface area contributed by atoms with Crippen molar-refractivity contribution >= 4 is 23.2 Å². The monoisotopic (exact) mass is 271 g/mol. The molecular weight excluding hydrogens is 264 g/mol. The quantitative estimate of drug-likeness (QED) is 0.817. The summed E-state index contributed by atoms with van der Waals surface area (Å²) in [4.78, 5) is 3.79. The summed E-state index contributed by atoms with van der Waals surface area (Å²) in [7, 11) is 1.40. The molecule has 1 aromatic carbocycles. The van der Waals surface area contributed by atoms with Crippen molar-refractivity contribution in [2.45, 2.75) is 0 Å². The normalized spacial score (nSPS) is 10.4. The summed E-state index contributed by atoms with van der Waals surface area (Å²) in [6, 6.07) is 4.95. The van der Waals surface area contributed by atoms with E-state index in [0.29, 0.717) is 21.2 Å². The van der Waals surface area contributed by atoms with Crippen molar-refractivity contribution in [3.63, 3.8) is 0 Å². The zero-order valence-corrected chi connectivity index (χ0v) is 10.4. The first-order chi connectivity index (χ1) is 8.11. The Labute approximate surface area is 108 Å². The van der Waals surface area contributed by atoms with Crippen LogP contribution in [0.2, 0.25) is 10.0 Å². The van der Waals surface area contributed by atoms with E-state index >= 15 is 0 Å². The summed E-state index contributed by atoms with van der Waals surface area (Å²) >= 11 is 11.8. The summed E-state index contributed by atoms with van der Waals surface area (Å²) in [6.07, 6.45) is 2.60. The van der Waals surface area contributed by atoms with Gasteiger partial charge < -0.3 is 4.74 Å². The minimum atomic E-state index is -0.527. The van der Waals surface area contributed by atoms with Crippen LogP contribution in [0, 0.1) is 5.82 Å². The molecule has 2 rings (SSSR count). The Kier molecular flexibility index (Phi) is 3.50. The van der Waals surface area contributed by atoms with Gasteiger partial charge in [-0.3, -0.25) is 4.98 Å². The highest BCUT2D eigenvalue weighted by Crippen LogP contribution is 2.34. The molecule has 0 amide bonds. The highest BCUT2D eigenvalue weighted by molar-refractivity contribution is 6.35. The van der Waals surface area contributed by atoms with Crippen molar-refractivity contribution in [1.29, 1.82) is 0 Å². The topological polar surface area (TPSA) is 22.1 Å². The smallest absolute Gasteiger partial charge is 0.183 e. The molecule has 17 heavy (non-hydrogen) atoms. The third-order valence-corrected chi connectivity index (χ3v) is 2.67. The molecule has 0 fully saturated rings. The minimum absolute atomic E-state index is 0.123. The van der Waals surface area contributed by atoms with E-state index in [9.17, 15) is 4.39 Å². The average Bonchev–Trinajstić information content (AvgIpc) is 2.27. The lowest BCUT2D eigenvalue weighted by Crippen LogP contribution is -1.93. The van der Waals surface area contributed by atoms with Crippen molar-refractivity contribution in [3.8, 4) is 16.9 Å². The molecule has 5 heteroatoms. The molecule has 0 N–H and O–H groups in total. The van der Waals surface area contributed by atoms with Gasteiger partial charge in [-0.15, -0.1) is 0 Å². The number of pyridine rings is 1. The maximum atomic E-state index is 13.5. The standard InChI is InChI=1S/C12H8Cl2FNO/c1-17-12-10(5-16-6-11(12)15)7-2-8(13)4-9(14)3-7/h2-6H,1H3. The first kappa shape index (κ1) is 12.1. The number of ether oxygens (including phenoxy) is 1. The fourth-order valence-corrected chi connectivity index (χ4v) is 2.07. The molecule has 0 unspecified atom stereocenters. The van der Waals surface area contributed by atoms with Crippen molar-refractivity contribution in [2.24, 2.45) is 0 Å². The summed E-state index contributed by atoms with van der Waals surface area (Å²) in [5, 5.41) is 0.942. The second-order valence-corrected chi connectivity index (χ2v) is 4.23. The van der Waals surface area contributed by atoms with Gasteiger partial charge in [0.05, 0.1) is 13.3 Å². The first-order valence-electron chi connectivity index (χ1n) is 4.76. The zero-order chi connectivity index (χ0) is 12.4. The number of aromatic nitrogens is 1. The predicted octanol–water partition coefficient (Wildman–Crippen LogP) is 4.20. The molecule has 0 aliphatic heterocycles. The summed E-state index contributed by atoms with van der Waals surface area (Å²) < 4.78 is 18.5. The van der Waals surface area contributed by atoms with Gasteiger partial charge in [-0.2, -0.15) is 0 Å². The zero-order valence-electron chi connectivity index (χ0n) is 8.88. The molecule has 0 saturated heterocycles. The van der Waals surface area contributed by atoms with Crippen molar-refractivity contribution < 1.29 is 9.13 Å². The van der Waals surface area contributed by atoms with Gasteiger partial charge in [-0.1, -0.05) is 23.2 Å². The van der Waals surface area contributed by atoms with E-state index in [4.69, 9.17) is 27.9 Å². The molecule has 0 atom stereocenters. The van der Waals surface area contributed by atoms with Crippen LogP contribution in [0.3, 0.4) is 0 Å². The summed E-state index contributed by atoms with van der Waals surface area (Å²) in [6.45, 7) is 0. The number of rotatable bonds is 2. The van der Waals surface area contributed by atoms with Crippen molar-refractivity contribution in [2.75, 3.05) is 7.11 Å². The molecule has 0 saturated carbocycles. The molecule has 0 aliphatic rings. The van der Waals surface area contributed by atoms with Gasteiger partial charge in [0.1, 0.15) is 0 Å². The molecule has 1 aromatic heterocycles. The van der Waals surface area contributed by atoms with E-state index in [1.807, 2.05) is 0 Å². The molecule has 0 radical (unpaired) electrons. The highest BCUT2D eigenvalue weighted by atomic mass is 35.5. The second kappa shape index (κ2) is 4.90. The van der Waals surface area contributed by atoms with Crippen LogP contribution in [0.1, 0.15) is 0 Å². The van der Waals surface area contributed by atoms with E-state index in [-0.39, 0.29) is 5.75 Å². The van der Waals surface area contributed by atoms with E-state index in [1.165, 1.54) is 13.3 Å². The van der Waals surface area contributed by atoms with E-state index in [0.717, 1.165) is 6.20 Å². The Morgan fingerprint density at radius 1 is 1.12 bits per heavy atom. The van der Waals surface area contributed by atoms with Crippen molar-refractivity contribution in [3.05, 3.63) is 46.5 Å². The van der Waals surface area contributed by atoms with Gasteiger partial charge in [0, 0.05) is 21.8 Å². The molecular formula is C12H8Cl2FNO. The van der Waals surface area contributed by atoms with E-state index in [1.54, 1.807) is 18.2 Å². The van der Waals surface area contributed by atoms with Gasteiger partial charge in [-0.25, -0.2) is 4.39 Å². The third-order valence-electron chi connectivity index (χ3n) is 2.23. The van der Waals surface area contributed by atoms with E-state index < -0.39 is 5.82 Å². The van der Waals surface area contributed by atoms with Crippen LogP contribution in [0.25, 0.3) is 11.1 Å². The fraction of sp³-hybridized carbons (Fsp3) is 0.0833. The Hall–Kier alpha value is -1.32. The second-order valence-electron chi connectivity index (χ2n) is 3.36. The number of hydrogen-bond donors (Lipinski definition) is 0. The SMILES string of the molecule is COc1c(F)cncc1-c1cc(Cl)cc(Cl)c1. The number of halogens is 3. The Morgan fingerprint density at radius 3 is 2.35 bits per heavy atom. The molecule has 2 aromatic rings. The molecule has 1 heterocycles. The lowest BCUT2D eigenvalue weighted by atomic mass is 10.1. The van der Waals surface area contributed by atoms with Gasteiger partial charge >= 0.3 is 0 Å². The molecule has 2 nitrogen and oxygen atoms in total. The van der Waals surface area contributed by atoms with Gasteiger partial charge in [-0.05, 0) is 23.8 Å². The van der Waals surface area contributed by atoms with E-state index in [2.05, 4.69) is 4.98 Å². The van der Waals surface area contributed by atoms with Gasteiger partial charge in [0.15, 0.2) is 11.6 Å². The largest absolute Gasteiger partial charge is 0.493 e. The Balaban J connectivity index is 2.63. The molecule has 0 spiro atoms. The lowest BCUT2D eigenvalue weighted by molar-refractivity contribution is 0.387. The summed E-state index contributed by atoms with van der Waals surface area (Å²) in [5.41, 5.74) is 1.17. The number of benzene rings is 1. The lowest BCUT2D eigenvalue weighted by Gasteiger charge is -2.09. The Morgan fingerprint density at radius 2 is 1.76 bits per heavy atom. The Bertz CT molecular complexity index is 540. The number of methoxy groups -OCH3 is 1. The maximum absolute atomic E-state index is 13.5. The van der Waals surface area contributed by atoms with Crippen LogP contribution in [-0.4, -0.2) is 12.1 Å². The van der Waals surface area contributed by atoms with Gasteiger partial charge in [0.25, 0.3) is 0 Å². The van der Waals surface area contributed by atoms with Crippen LogP contribution >= 0.6 is 23.2 Å². The predicted molar refractivity (Wildman–Crippen MR) is 66.2 cm³/mol. The van der Waals surface area contributed by atoms with Crippen LogP contribution < -0.4 is 4.74 Å². The average molecular weight is 272 g/mol. The number of hydrogen-bond acceptors (Lipinski definition) is 2. The maximum Gasteiger partial charge on any atom is 0.183 e. The van der Waals surface area contributed by atoms with Crippen LogP contribution in [0.4, 0.5) is 4.39 Å². The minimum Gasteiger partial charge on any atom is -0.493 e. The molecule has 88 valence electrons. The molecule has 0 aliphatic carbocycles. The summed E-state index contributed by atoms with van der Waals surface area (Å²) in [5.74, 6) is -0.403. The van der Waals surface area contributed by atoms with Crippen LogP contribution in [0.15, 0.2) is 30.6 Å². The molecule has 0 bridgehead atoms. The third kappa shape index (κ3) is 2.51. The van der Waals surface area contributed by atoms with Gasteiger partial charge in [0.2, 0.25) is 0 Å². The first-order valence-corrected chi connectivity index (χ1v) is 5.51. The van der Waals surface area contributed by atoms with Crippen LogP contribution in [-0.2, 0) is 0 Å².